The van der Waals surface area contributed by atoms with Gasteiger partial charge in [0.15, 0.2) is 5.58 Å². The summed E-state index contributed by atoms with van der Waals surface area (Å²) in [4.78, 5) is 9.92. The van der Waals surface area contributed by atoms with Crippen LogP contribution in [0.2, 0.25) is 0 Å². The molecular weight excluding hydrogens is 655 g/mol. The van der Waals surface area contributed by atoms with Gasteiger partial charge in [0, 0.05) is 54.6 Å². The van der Waals surface area contributed by atoms with Crippen molar-refractivity contribution in [3.63, 3.8) is 0 Å². The van der Waals surface area contributed by atoms with Gasteiger partial charge in [-0.1, -0.05) is 103 Å². The Morgan fingerprint density at radius 1 is 0.423 bits per heavy atom. The third-order valence-corrected chi connectivity index (χ3v) is 10.8. The number of thiophene rings is 1. The van der Waals surface area contributed by atoms with E-state index in [1.54, 1.807) is 0 Å². The van der Waals surface area contributed by atoms with E-state index in [4.69, 9.17) is 9.40 Å². The average Bonchev–Trinajstić information content (AvgIpc) is 3.83. The lowest BCUT2D eigenvalue weighted by Crippen LogP contribution is -2.14. The first-order chi connectivity index (χ1) is 25.8. The van der Waals surface area contributed by atoms with Crippen LogP contribution in [0.4, 0.5) is 34.1 Å². The number of fused-ring (bicyclic) bond motifs is 6. The fraction of sp³-hybridized carbons (Fsp3) is 0. The predicted octanol–water partition coefficient (Wildman–Crippen LogP) is 14.0. The van der Waals surface area contributed by atoms with Gasteiger partial charge >= 0.3 is 0 Å². The fourth-order valence-electron chi connectivity index (χ4n) is 7.30. The molecular formula is C47H31N3OS. The van der Waals surface area contributed by atoms with Gasteiger partial charge in [-0.15, -0.1) is 11.3 Å². The largest absolute Gasteiger partial charge is 0.436 e. The van der Waals surface area contributed by atoms with Crippen molar-refractivity contribution in [2.24, 2.45) is 0 Å². The van der Waals surface area contributed by atoms with Gasteiger partial charge in [0.05, 0.1) is 16.1 Å². The standard InChI is InChI=1S/C47H31N3OS/c1-5-16-32(17-6-1)47-48-45-40-30-36(50(35-22-11-4-12-23-35)41-26-15-25-39-38-24-13-14-27-44(38)52-46(39)41)31-42(37(40)28-29-43(45)51-47)49(33-18-7-2-8-19-33)34-20-9-3-10-21-34/h1-31H. The monoisotopic (exact) mass is 685 g/mol. The minimum Gasteiger partial charge on any atom is -0.436 e. The topological polar surface area (TPSA) is 32.5 Å². The number of rotatable bonds is 7. The number of para-hydroxylation sites is 3. The fourth-order valence-corrected chi connectivity index (χ4v) is 8.51. The van der Waals surface area contributed by atoms with Gasteiger partial charge in [0.25, 0.3) is 0 Å². The van der Waals surface area contributed by atoms with E-state index in [2.05, 4.69) is 168 Å². The lowest BCUT2D eigenvalue weighted by atomic mass is 10.0. The van der Waals surface area contributed by atoms with Crippen LogP contribution in [0.5, 0.6) is 0 Å². The lowest BCUT2D eigenvalue weighted by Gasteiger charge is -2.31. The van der Waals surface area contributed by atoms with Crippen LogP contribution in [0.1, 0.15) is 0 Å². The minimum absolute atomic E-state index is 0.605. The highest BCUT2D eigenvalue weighted by atomic mass is 32.1. The quantitative estimate of drug-likeness (QED) is 0.167. The molecule has 4 nitrogen and oxygen atoms in total. The molecule has 0 aliphatic rings. The van der Waals surface area contributed by atoms with Crippen LogP contribution >= 0.6 is 11.3 Å². The number of nitrogens with zero attached hydrogens (tertiary/aromatic N) is 3. The second-order valence-electron chi connectivity index (χ2n) is 12.8. The van der Waals surface area contributed by atoms with Crippen molar-refractivity contribution in [3.05, 3.63) is 188 Å². The van der Waals surface area contributed by atoms with Crippen molar-refractivity contribution >= 4 is 87.5 Å². The van der Waals surface area contributed by atoms with Gasteiger partial charge in [-0.25, -0.2) is 4.98 Å². The zero-order valence-electron chi connectivity index (χ0n) is 28.1. The Morgan fingerprint density at radius 3 is 1.67 bits per heavy atom. The maximum atomic E-state index is 6.46. The summed E-state index contributed by atoms with van der Waals surface area (Å²) in [5, 5.41) is 4.61. The summed E-state index contributed by atoms with van der Waals surface area (Å²) in [6.45, 7) is 0. The summed E-state index contributed by atoms with van der Waals surface area (Å²) in [5.41, 5.74) is 8.91. The summed E-state index contributed by atoms with van der Waals surface area (Å²) in [6.07, 6.45) is 0. The number of aromatic nitrogens is 1. The number of hydrogen-bond donors (Lipinski definition) is 0. The Hall–Kier alpha value is -6.69. The van der Waals surface area contributed by atoms with Crippen LogP contribution in [0.3, 0.4) is 0 Å². The van der Waals surface area contributed by atoms with Gasteiger partial charge in [-0.05, 0) is 84.9 Å². The van der Waals surface area contributed by atoms with Gasteiger partial charge in [0.1, 0.15) is 5.52 Å². The van der Waals surface area contributed by atoms with Crippen LogP contribution in [-0.2, 0) is 0 Å². The summed E-state index contributed by atoms with van der Waals surface area (Å²) in [5.74, 6) is 0.605. The molecule has 10 aromatic rings. The molecule has 0 saturated heterocycles. The van der Waals surface area contributed by atoms with Crippen LogP contribution in [0, 0.1) is 0 Å². The molecule has 0 aliphatic carbocycles. The molecule has 2 heterocycles. The van der Waals surface area contributed by atoms with Gasteiger partial charge in [0.2, 0.25) is 5.89 Å². The van der Waals surface area contributed by atoms with Crippen LogP contribution in [0.25, 0.3) is 53.5 Å². The molecule has 0 atom stereocenters. The minimum atomic E-state index is 0.605. The molecule has 0 aliphatic heterocycles. The Morgan fingerprint density at radius 2 is 1.00 bits per heavy atom. The molecule has 0 spiro atoms. The van der Waals surface area contributed by atoms with E-state index in [9.17, 15) is 0 Å². The highest BCUT2D eigenvalue weighted by Crippen LogP contribution is 2.49. The molecule has 8 aromatic carbocycles. The van der Waals surface area contributed by atoms with Crippen LogP contribution < -0.4 is 9.80 Å². The number of hydrogen-bond acceptors (Lipinski definition) is 5. The van der Waals surface area contributed by atoms with E-state index >= 15 is 0 Å². The highest BCUT2D eigenvalue weighted by Gasteiger charge is 2.24. The third kappa shape index (κ3) is 5.10. The highest BCUT2D eigenvalue weighted by molar-refractivity contribution is 7.26. The van der Waals surface area contributed by atoms with E-state index in [1.165, 1.54) is 20.2 Å². The smallest absolute Gasteiger partial charge is 0.227 e. The summed E-state index contributed by atoms with van der Waals surface area (Å²) in [6, 6.07) is 66.2. The predicted molar refractivity (Wildman–Crippen MR) is 219 cm³/mol. The van der Waals surface area contributed by atoms with E-state index < -0.39 is 0 Å². The SMILES string of the molecule is c1ccc(-c2nc3c(ccc4c(N(c5ccccc5)c5ccccc5)cc(N(c5ccccc5)c5cccc6c5sc5ccccc56)cc43)o2)cc1. The van der Waals surface area contributed by atoms with Gasteiger partial charge in [-0.2, -0.15) is 0 Å². The maximum Gasteiger partial charge on any atom is 0.227 e. The van der Waals surface area contributed by atoms with Crippen molar-refractivity contribution in [1.82, 2.24) is 4.98 Å². The second kappa shape index (κ2) is 12.6. The van der Waals surface area contributed by atoms with E-state index in [0.29, 0.717) is 5.89 Å². The molecule has 2 aromatic heterocycles. The van der Waals surface area contributed by atoms with Crippen molar-refractivity contribution in [2.45, 2.75) is 0 Å². The van der Waals surface area contributed by atoms with Crippen molar-refractivity contribution in [3.8, 4) is 11.5 Å². The molecule has 5 heteroatoms. The maximum absolute atomic E-state index is 6.46. The summed E-state index contributed by atoms with van der Waals surface area (Å²) < 4.78 is 8.97. The van der Waals surface area contributed by atoms with Gasteiger partial charge < -0.3 is 14.2 Å². The van der Waals surface area contributed by atoms with Crippen molar-refractivity contribution in [1.29, 1.82) is 0 Å². The molecule has 52 heavy (non-hydrogen) atoms. The van der Waals surface area contributed by atoms with Crippen molar-refractivity contribution in [2.75, 3.05) is 9.80 Å². The molecule has 0 unspecified atom stereocenters. The molecule has 0 radical (unpaired) electrons. The average molecular weight is 686 g/mol. The van der Waals surface area contributed by atoms with Crippen LogP contribution in [-0.4, -0.2) is 4.98 Å². The Balaban J connectivity index is 1.31. The van der Waals surface area contributed by atoms with E-state index in [1.807, 2.05) is 41.7 Å². The van der Waals surface area contributed by atoms with Crippen LogP contribution in [0.15, 0.2) is 192 Å². The molecule has 0 amide bonds. The molecule has 246 valence electrons. The summed E-state index contributed by atoms with van der Waals surface area (Å²) >= 11 is 1.84. The number of oxazole rings is 1. The zero-order valence-corrected chi connectivity index (χ0v) is 28.9. The van der Waals surface area contributed by atoms with E-state index in [-0.39, 0.29) is 0 Å². The first kappa shape index (κ1) is 30.2. The van der Waals surface area contributed by atoms with E-state index in [0.717, 1.165) is 61.6 Å². The molecule has 0 bridgehead atoms. The normalized spacial score (nSPS) is 11.5. The number of anilines is 6. The van der Waals surface area contributed by atoms with Gasteiger partial charge in [-0.3, -0.25) is 0 Å². The molecule has 0 saturated carbocycles. The first-order valence-corrected chi connectivity index (χ1v) is 18.2. The molecule has 0 fully saturated rings. The first-order valence-electron chi connectivity index (χ1n) is 17.4. The Labute approximate surface area is 305 Å². The lowest BCUT2D eigenvalue weighted by molar-refractivity contribution is 0.620. The Bertz CT molecular complexity index is 2810. The molecule has 10 rings (SSSR count). The zero-order chi connectivity index (χ0) is 34.4. The summed E-state index contributed by atoms with van der Waals surface area (Å²) in [7, 11) is 0. The second-order valence-corrected chi connectivity index (χ2v) is 13.8. The Kier molecular flexibility index (Phi) is 7.29. The third-order valence-electron chi connectivity index (χ3n) is 9.64. The molecule has 0 N–H and O–H groups in total. The number of benzene rings is 8. The van der Waals surface area contributed by atoms with Crippen molar-refractivity contribution < 1.29 is 4.42 Å².